The number of quaternary nitrogens is 1. The SMILES string of the molecule is CCNC(=O)NC(=O)[C@@H](c1ccccc1)[NH+]1CCc2cc(OC)c(OC)cc2C1. The minimum absolute atomic E-state index is 0.305. The van der Waals surface area contributed by atoms with Crippen LogP contribution < -0.4 is 25.0 Å². The molecular formula is C22H28N3O4+. The number of rotatable bonds is 6. The quantitative estimate of drug-likeness (QED) is 0.684. The molecule has 0 bridgehead atoms. The first-order valence-electron chi connectivity index (χ1n) is 9.79. The summed E-state index contributed by atoms with van der Waals surface area (Å²) in [6.45, 7) is 3.69. The van der Waals surface area contributed by atoms with Crippen molar-refractivity contribution >= 4 is 11.9 Å². The molecule has 0 radical (unpaired) electrons. The third-order valence-electron chi connectivity index (χ3n) is 5.22. The van der Waals surface area contributed by atoms with Crippen LogP contribution in [0.5, 0.6) is 11.5 Å². The lowest BCUT2D eigenvalue weighted by Crippen LogP contribution is -3.13. The second-order valence-corrected chi connectivity index (χ2v) is 7.00. The first-order chi connectivity index (χ1) is 14.1. The topological polar surface area (TPSA) is 81.1 Å². The van der Waals surface area contributed by atoms with E-state index in [-0.39, 0.29) is 5.91 Å². The molecule has 1 aliphatic rings. The number of carbonyl (C=O) groups excluding carboxylic acids is 2. The molecule has 0 saturated carbocycles. The van der Waals surface area contributed by atoms with E-state index >= 15 is 0 Å². The molecule has 3 N–H and O–H groups in total. The van der Waals surface area contributed by atoms with E-state index in [2.05, 4.69) is 10.6 Å². The van der Waals surface area contributed by atoms with E-state index in [1.807, 2.05) is 49.4 Å². The predicted octanol–water partition coefficient (Wildman–Crippen LogP) is 1.23. The summed E-state index contributed by atoms with van der Waals surface area (Å²) in [5.41, 5.74) is 3.20. The largest absolute Gasteiger partial charge is 0.493 e. The lowest BCUT2D eigenvalue weighted by Gasteiger charge is -2.32. The Labute approximate surface area is 171 Å². The van der Waals surface area contributed by atoms with Gasteiger partial charge in [0.2, 0.25) is 0 Å². The zero-order valence-corrected chi connectivity index (χ0v) is 17.1. The van der Waals surface area contributed by atoms with E-state index in [4.69, 9.17) is 9.47 Å². The summed E-state index contributed by atoms with van der Waals surface area (Å²) in [6.07, 6.45) is 0.808. The van der Waals surface area contributed by atoms with Crippen molar-refractivity contribution in [2.75, 3.05) is 27.3 Å². The highest BCUT2D eigenvalue weighted by atomic mass is 16.5. The molecule has 29 heavy (non-hydrogen) atoms. The highest BCUT2D eigenvalue weighted by Gasteiger charge is 2.35. The van der Waals surface area contributed by atoms with Gasteiger partial charge in [0.25, 0.3) is 5.91 Å². The van der Waals surface area contributed by atoms with Gasteiger partial charge in [0.1, 0.15) is 6.54 Å². The van der Waals surface area contributed by atoms with Crippen LogP contribution in [0.4, 0.5) is 4.79 Å². The molecule has 1 aliphatic heterocycles. The van der Waals surface area contributed by atoms with Gasteiger partial charge < -0.3 is 19.7 Å². The van der Waals surface area contributed by atoms with Crippen LogP contribution in [0.2, 0.25) is 0 Å². The number of benzene rings is 2. The maximum Gasteiger partial charge on any atom is 0.321 e. The van der Waals surface area contributed by atoms with Crippen molar-refractivity contribution in [3.8, 4) is 11.5 Å². The molecule has 0 aromatic heterocycles. The van der Waals surface area contributed by atoms with Gasteiger partial charge in [0.05, 0.1) is 20.8 Å². The van der Waals surface area contributed by atoms with Crippen LogP contribution in [-0.2, 0) is 17.8 Å². The van der Waals surface area contributed by atoms with Gasteiger partial charge in [-0.15, -0.1) is 0 Å². The van der Waals surface area contributed by atoms with E-state index in [9.17, 15) is 9.59 Å². The van der Waals surface area contributed by atoms with Gasteiger partial charge in [0, 0.05) is 24.1 Å². The summed E-state index contributed by atoms with van der Waals surface area (Å²) >= 11 is 0. The number of amides is 3. The molecule has 0 spiro atoms. The first-order valence-corrected chi connectivity index (χ1v) is 9.79. The fourth-order valence-corrected chi connectivity index (χ4v) is 3.84. The molecule has 3 amide bonds. The van der Waals surface area contributed by atoms with Crippen molar-refractivity contribution in [3.63, 3.8) is 0 Å². The number of urea groups is 1. The van der Waals surface area contributed by atoms with Gasteiger partial charge in [-0.3, -0.25) is 10.1 Å². The van der Waals surface area contributed by atoms with Crippen molar-refractivity contribution in [2.24, 2.45) is 0 Å². The molecule has 7 nitrogen and oxygen atoms in total. The van der Waals surface area contributed by atoms with Gasteiger partial charge in [0.15, 0.2) is 17.5 Å². The highest BCUT2D eigenvalue weighted by molar-refractivity contribution is 5.96. The number of nitrogens with one attached hydrogen (secondary N) is 3. The van der Waals surface area contributed by atoms with Crippen molar-refractivity contribution in [3.05, 3.63) is 59.2 Å². The van der Waals surface area contributed by atoms with E-state index in [1.165, 1.54) is 5.56 Å². The second kappa shape index (κ2) is 9.43. The fourth-order valence-electron chi connectivity index (χ4n) is 3.84. The number of carbonyl (C=O) groups is 2. The molecular weight excluding hydrogens is 370 g/mol. The van der Waals surface area contributed by atoms with Crippen LogP contribution in [0.15, 0.2) is 42.5 Å². The van der Waals surface area contributed by atoms with E-state index in [1.54, 1.807) is 14.2 Å². The van der Waals surface area contributed by atoms with Gasteiger partial charge in [-0.25, -0.2) is 4.79 Å². The third kappa shape index (κ3) is 4.68. The van der Waals surface area contributed by atoms with E-state index < -0.39 is 12.1 Å². The summed E-state index contributed by atoms with van der Waals surface area (Å²) in [7, 11) is 3.24. The lowest BCUT2D eigenvalue weighted by molar-refractivity contribution is -0.937. The van der Waals surface area contributed by atoms with Gasteiger partial charge in [-0.05, 0) is 24.6 Å². The average Bonchev–Trinajstić information content (AvgIpc) is 2.73. The van der Waals surface area contributed by atoms with Gasteiger partial charge in [-0.2, -0.15) is 0 Å². The van der Waals surface area contributed by atoms with Gasteiger partial charge >= 0.3 is 6.03 Å². The average molecular weight is 398 g/mol. The normalized spacial score (nSPS) is 16.3. The summed E-state index contributed by atoms with van der Waals surface area (Å²) in [6, 6.07) is 12.6. The van der Waals surface area contributed by atoms with Crippen molar-refractivity contribution in [1.82, 2.24) is 10.6 Å². The smallest absolute Gasteiger partial charge is 0.321 e. The standard InChI is InChI=1S/C22H27N3O4/c1-4-23-22(27)24-21(26)20(15-8-6-5-7-9-15)25-11-10-16-12-18(28-2)19(29-3)13-17(16)14-25/h5-9,12-13,20H,4,10-11,14H2,1-3H3,(H2,23,24,26,27)/p+1/t20-/m1/s1. The zero-order valence-electron chi connectivity index (χ0n) is 17.1. The molecule has 0 fully saturated rings. The molecule has 7 heteroatoms. The molecule has 3 rings (SSSR count). The molecule has 2 atom stereocenters. The number of imide groups is 1. The van der Waals surface area contributed by atoms with Crippen LogP contribution in [0, 0.1) is 0 Å². The van der Waals surface area contributed by atoms with Crippen LogP contribution in [0.25, 0.3) is 0 Å². The third-order valence-corrected chi connectivity index (χ3v) is 5.22. The van der Waals surface area contributed by atoms with Crippen molar-refractivity contribution in [1.29, 1.82) is 0 Å². The van der Waals surface area contributed by atoms with Crippen LogP contribution in [0.1, 0.15) is 29.7 Å². The minimum Gasteiger partial charge on any atom is -0.493 e. The molecule has 2 aromatic carbocycles. The maximum atomic E-state index is 13.0. The monoisotopic (exact) mass is 398 g/mol. The van der Waals surface area contributed by atoms with Crippen molar-refractivity contribution in [2.45, 2.75) is 25.9 Å². The fraction of sp³-hybridized carbons (Fsp3) is 0.364. The van der Waals surface area contributed by atoms with Crippen LogP contribution in [-0.4, -0.2) is 39.2 Å². The highest BCUT2D eigenvalue weighted by Crippen LogP contribution is 2.31. The summed E-state index contributed by atoms with van der Waals surface area (Å²) in [4.78, 5) is 26.0. The Morgan fingerprint density at radius 2 is 1.72 bits per heavy atom. The first kappa shape index (κ1) is 20.7. The Hall–Kier alpha value is -3.06. The molecule has 1 heterocycles. The molecule has 2 aromatic rings. The van der Waals surface area contributed by atoms with Gasteiger partial charge in [-0.1, -0.05) is 30.3 Å². The molecule has 0 saturated heterocycles. The number of ether oxygens (including phenoxy) is 2. The summed E-state index contributed by atoms with van der Waals surface area (Å²) in [5.74, 6) is 1.08. The zero-order chi connectivity index (χ0) is 20.8. The van der Waals surface area contributed by atoms with E-state index in [0.717, 1.165) is 29.0 Å². The number of fused-ring (bicyclic) bond motifs is 1. The predicted molar refractivity (Wildman–Crippen MR) is 109 cm³/mol. The minimum atomic E-state index is -0.486. The number of hydrogen-bond donors (Lipinski definition) is 3. The molecule has 1 unspecified atom stereocenters. The Kier molecular flexibility index (Phi) is 6.72. The number of methoxy groups -OCH3 is 2. The summed E-state index contributed by atoms with van der Waals surface area (Å²) < 4.78 is 10.9. The van der Waals surface area contributed by atoms with Crippen molar-refractivity contribution < 1.29 is 24.0 Å². The van der Waals surface area contributed by atoms with Crippen LogP contribution in [0.3, 0.4) is 0 Å². The Morgan fingerprint density at radius 3 is 2.34 bits per heavy atom. The second-order valence-electron chi connectivity index (χ2n) is 7.00. The van der Waals surface area contributed by atoms with E-state index in [0.29, 0.717) is 24.6 Å². The summed E-state index contributed by atoms with van der Waals surface area (Å²) in [5, 5.41) is 5.11. The van der Waals surface area contributed by atoms with Crippen LogP contribution >= 0.6 is 0 Å². The molecule has 0 aliphatic carbocycles. The Bertz CT molecular complexity index is 870. The maximum absolute atomic E-state index is 13.0. The molecule has 154 valence electrons. The lowest BCUT2D eigenvalue weighted by atomic mass is 9.95. The number of hydrogen-bond acceptors (Lipinski definition) is 4. The Balaban J connectivity index is 1.89. The Morgan fingerprint density at radius 1 is 1.07 bits per heavy atom.